The van der Waals surface area contributed by atoms with Crippen molar-refractivity contribution in [3.63, 3.8) is 0 Å². The molecule has 2 fully saturated rings. The number of thioether (sulfide) groups is 1. The summed E-state index contributed by atoms with van der Waals surface area (Å²) >= 11 is 1.51. The molecule has 7 aliphatic heterocycles. The number of aliphatic hydroxyl groups is 1. The van der Waals surface area contributed by atoms with Gasteiger partial charge in [-0.3, -0.25) is 19.9 Å². The molecule has 14 nitrogen and oxygen atoms in total. The van der Waals surface area contributed by atoms with Crippen molar-refractivity contribution in [2.24, 2.45) is 0 Å². The molecule has 0 radical (unpaired) electrons. The van der Waals surface area contributed by atoms with Crippen LogP contribution in [0.4, 0.5) is 0 Å². The van der Waals surface area contributed by atoms with Gasteiger partial charge in [-0.15, -0.1) is 11.8 Å². The number of benzene rings is 4. The number of nitrogens with zero attached hydrogens (tertiary/aromatic N) is 2. The lowest BCUT2D eigenvalue weighted by Gasteiger charge is -2.62. The second kappa shape index (κ2) is 15.0. The van der Waals surface area contributed by atoms with Gasteiger partial charge in [0, 0.05) is 47.5 Å². The van der Waals surface area contributed by atoms with Gasteiger partial charge in [0.05, 0.1) is 37.6 Å². The topological polar surface area (TPSA) is 158 Å². The molecular weight excluding hydrogens is 803 g/mol. The summed E-state index contributed by atoms with van der Waals surface area (Å²) in [6.45, 7) is 5.70. The van der Waals surface area contributed by atoms with Gasteiger partial charge in [-0.1, -0.05) is 36.4 Å². The average Bonchev–Trinajstić information content (AvgIpc) is 3.75. The van der Waals surface area contributed by atoms with Crippen LogP contribution >= 0.6 is 11.8 Å². The van der Waals surface area contributed by atoms with E-state index < -0.39 is 47.1 Å². The predicted molar refractivity (Wildman–Crippen MR) is 224 cm³/mol. The van der Waals surface area contributed by atoms with E-state index >= 15 is 4.79 Å². The van der Waals surface area contributed by atoms with Crippen LogP contribution in [-0.2, 0) is 39.3 Å². The number of aliphatic hydroxyl groups excluding tert-OH is 1. The Kier molecular flexibility index (Phi) is 9.83. The largest absolute Gasteiger partial charge is 0.504 e. The van der Waals surface area contributed by atoms with E-state index in [4.69, 9.17) is 33.2 Å². The van der Waals surface area contributed by atoms with E-state index in [1.54, 1.807) is 14.2 Å². The van der Waals surface area contributed by atoms with Crippen molar-refractivity contribution < 1.29 is 53.0 Å². The molecule has 15 heteroatoms. The highest BCUT2D eigenvalue weighted by atomic mass is 32.2. The van der Waals surface area contributed by atoms with Gasteiger partial charge in [0.2, 0.25) is 6.79 Å². The minimum Gasteiger partial charge on any atom is -0.504 e. The molecule has 3 N–H and O–H groups in total. The monoisotopic (exact) mass is 851 g/mol. The number of phenols is 1. The van der Waals surface area contributed by atoms with Gasteiger partial charge in [0.1, 0.15) is 25.2 Å². The number of rotatable bonds is 6. The highest BCUT2D eigenvalue weighted by Gasteiger charge is 2.61. The molecule has 61 heavy (non-hydrogen) atoms. The third-order valence-electron chi connectivity index (χ3n) is 13.5. The smallest absolute Gasteiger partial charge is 0.331 e. The summed E-state index contributed by atoms with van der Waals surface area (Å²) in [7, 11) is 5.11. The molecule has 11 rings (SSSR count). The summed E-state index contributed by atoms with van der Waals surface area (Å²) in [5.41, 5.74) is 5.67. The normalized spacial score (nSPS) is 27.3. The first-order valence-electron chi connectivity index (χ1n) is 20.6. The first-order valence-corrected chi connectivity index (χ1v) is 21.6. The van der Waals surface area contributed by atoms with Crippen LogP contribution < -0.4 is 33.7 Å². The number of methoxy groups -OCH3 is 2. The second-order valence-electron chi connectivity index (χ2n) is 16.7. The molecule has 1 unspecified atom stereocenters. The number of carbonyl (C=O) groups excluding carboxylic acids is 2. The Hall–Kier alpha value is -5.19. The van der Waals surface area contributed by atoms with Crippen LogP contribution in [0.15, 0.2) is 48.5 Å². The predicted octanol–water partition coefficient (Wildman–Crippen LogP) is 5.29. The molecule has 0 amide bonds. The zero-order chi connectivity index (χ0) is 42.5. The van der Waals surface area contributed by atoms with Crippen molar-refractivity contribution in [2.45, 2.75) is 81.4 Å². The van der Waals surface area contributed by atoms with Gasteiger partial charge in [-0.2, -0.15) is 0 Å². The first kappa shape index (κ1) is 39.9. The number of esters is 2. The maximum Gasteiger partial charge on any atom is 0.331 e. The Bertz CT molecular complexity index is 2470. The van der Waals surface area contributed by atoms with Crippen molar-refractivity contribution in [1.29, 1.82) is 0 Å². The van der Waals surface area contributed by atoms with E-state index in [-0.39, 0.29) is 30.9 Å². The third-order valence-corrected chi connectivity index (χ3v) is 15.0. The Morgan fingerprint density at radius 3 is 2.52 bits per heavy atom. The molecule has 7 aliphatic rings. The van der Waals surface area contributed by atoms with Crippen LogP contribution in [0.1, 0.15) is 74.3 Å². The lowest BCUT2D eigenvalue weighted by Crippen LogP contribution is -2.70. The molecule has 1 spiro atoms. The SMILES string of the molecule is COc1cc2c(cc1OCc1ccccc1)CCN[C@]21CS[C@@H]2c3c(OC(C)=O)c(C)c4c(c3[C@H](COC1=O)N1C2[C@@H]2c3c(cc(C)c(OC)c3O)C[C@H]([C@@H]1O)N2C)OCO4. The Morgan fingerprint density at radius 1 is 0.984 bits per heavy atom. The van der Waals surface area contributed by atoms with Gasteiger partial charge < -0.3 is 43.4 Å². The van der Waals surface area contributed by atoms with E-state index in [1.165, 1.54) is 18.7 Å². The zero-order valence-corrected chi connectivity index (χ0v) is 35.7. The van der Waals surface area contributed by atoms with E-state index in [2.05, 4.69) is 10.2 Å². The molecule has 7 heterocycles. The summed E-state index contributed by atoms with van der Waals surface area (Å²) in [5.74, 6) is 1.92. The van der Waals surface area contributed by atoms with Gasteiger partial charge in [0.25, 0.3) is 0 Å². The van der Waals surface area contributed by atoms with Crippen molar-refractivity contribution >= 4 is 23.7 Å². The molecule has 320 valence electrons. The van der Waals surface area contributed by atoms with Crippen LogP contribution in [0.25, 0.3) is 0 Å². The number of ether oxygens (including phenoxy) is 7. The molecule has 7 atom stereocenters. The van der Waals surface area contributed by atoms with Crippen molar-refractivity contribution in [1.82, 2.24) is 15.1 Å². The quantitative estimate of drug-likeness (QED) is 0.170. The number of hydrogen-bond donors (Lipinski definition) is 3. The van der Waals surface area contributed by atoms with E-state index in [1.807, 2.05) is 74.3 Å². The number of likely N-dealkylation sites (N-methyl/N-ethyl adjacent to an activating group) is 1. The lowest BCUT2D eigenvalue weighted by molar-refractivity contribution is -0.186. The lowest BCUT2D eigenvalue weighted by atomic mass is 9.73. The van der Waals surface area contributed by atoms with Crippen molar-refractivity contribution in [3.05, 3.63) is 98.6 Å². The van der Waals surface area contributed by atoms with Crippen LogP contribution in [0.3, 0.4) is 0 Å². The molecule has 0 saturated carbocycles. The summed E-state index contributed by atoms with van der Waals surface area (Å²) in [6, 6.07) is 13.6. The molecule has 4 bridgehead atoms. The fraction of sp³-hybridized carbons (Fsp3) is 0.435. The van der Waals surface area contributed by atoms with Crippen molar-refractivity contribution in [2.75, 3.05) is 47.0 Å². The minimum atomic E-state index is -1.34. The summed E-state index contributed by atoms with van der Waals surface area (Å²) in [6.07, 6.45) is 0.0408. The van der Waals surface area contributed by atoms with Gasteiger partial charge in [-0.05, 0) is 73.7 Å². The van der Waals surface area contributed by atoms with Gasteiger partial charge >= 0.3 is 11.9 Å². The number of nitrogens with one attached hydrogen (secondary N) is 1. The second-order valence-corrected chi connectivity index (χ2v) is 17.8. The maximum atomic E-state index is 15.0. The standard InChI is InChI=1S/C46H49N3O11S/c1-22-14-27-15-29-44(52)49-30-19-57-45(53)46(28-17-31(54-5)32(16-26(28)12-13-47-46)56-18-25-10-8-7-9-11-25)20-61-43(37(49)36(48(29)4)33(27)38(51)39(22)55-6)35-34(30)42-41(58-21-59-42)23(2)40(35)60-24(3)50/h7-11,14,16-17,29-30,36-37,43-44,47,51-52H,12-13,15,18-21H2,1-6H3/t29-,30+,36+,37?,43-,44+,46-/m1/s1. The highest BCUT2D eigenvalue weighted by molar-refractivity contribution is 7.99. The Morgan fingerprint density at radius 2 is 1.77 bits per heavy atom. The fourth-order valence-corrected chi connectivity index (χ4v) is 12.5. The van der Waals surface area contributed by atoms with E-state index in [0.717, 1.165) is 27.8 Å². The van der Waals surface area contributed by atoms with E-state index in [0.29, 0.717) is 82.7 Å². The summed E-state index contributed by atoms with van der Waals surface area (Å²) in [4.78, 5) is 32.2. The van der Waals surface area contributed by atoms with Gasteiger partial charge in [-0.25, -0.2) is 4.79 Å². The number of aryl methyl sites for hydroxylation is 1. The zero-order valence-electron chi connectivity index (χ0n) is 34.9. The number of fused-ring (bicyclic) bond motifs is 9. The van der Waals surface area contributed by atoms with Crippen LogP contribution in [0.5, 0.6) is 40.2 Å². The van der Waals surface area contributed by atoms with Gasteiger partial charge in [0.15, 0.2) is 40.0 Å². The molecular formula is C46H49N3O11S. The number of piperazine rings is 1. The Balaban J connectivity index is 1.17. The van der Waals surface area contributed by atoms with Crippen molar-refractivity contribution in [3.8, 4) is 40.2 Å². The van der Waals surface area contributed by atoms with Crippen LogP contribution in [0, 0.1) is 13.8 Å². The molecule has 4 aromatic rings. The number of carbonyl (C=O) groups is 2. The summed E-state index contributed by atoms with van der Waals surface area (Å²) in [5, 5.41) is 27.8. The molecule has 0 aromatic heterocycles. The third kappa shape index (κ3) is 5.99. The number of hydrogen-bond acceptors (Lipinski definition) is 15. The molecule has 2 saturated heterocycles. The average molecular weight is 852 g/mol. The minimum absolute atomic E-state index is 0.0487. The number of phenolic OH excluding ortho intramolecular Hbond substituents is 1. The maximum absolute atomic E-state index is 15.0. The Labute approximate surface area is 357 Å². The molecule has 4 aromatic carbocycles. The van der Waals surface area contributed by atoms with Crippen LogP contribution in [-0.4, -0.2) is 97.2 Å². The first-order chi connectivity index (χ1) is 29.5. The number of aromatic hydroxyl groups is 1. The molecule has 0 aliphatic carbocycles. The summed E-state index contributed by atoms with van der Waals surface area (Å²) < 4.78 is 43.0. The van der Waals surface area contributed by atoms with E-state index in [9.17, 15) is 15.0 Å². The highest BCUT2D eigenvalue weighted by Crippen LogP contribution is 2.64. The van der Waals surface area contributed by atoms with Crippen LogP contribution in [0.2, 0.25) is 0 Å². The fourth-order valence-electron chi connectivity index (χ4n) is 10.8.